The predicted octanol–water partition coefficient (Wildman–Crippen LogP) is 2.33. The van der Waals surface area contributed by atoms with E-state index in [0.29, 0.717) is 5.69 Å². The summed E-state index contributed by atoms with van der Waals surface area (Å²) in [4.78, 5) is 40.3. The first-order chi connectivity index (χ1) is 17.9. The molecule has 3 heterocycles. The van der Waals surface area contributed by atoms with Crippen LogP contribution in [-0.2, 0) is 18.4 Å². The maximum atomic E-state index is 11.9. The summed E-state index contributed by atoms with van der Waals surface area (Å²) in [5, 5.41) is 26.1. The fourth-order valence-corrected chi connectivity index (χ4v) is 6.86. The second-order valence-corrected chi connectivity index (χ2v) is 13.0. The molecule has 202 valence electrons. The lowest BCUT2D eigenvalue weighted by Gasteiger charge is -2.18. The highest BCUT2D eigenvalue weighted by Gasteiger charge is 2.45. The van der Waals surface area contributed by atoms with Crippen LogP contribution in [0, 0.1) is 0 Å². The van der Waals surface area contributed by atoms with Crippen LogP contribution in [0.3, 0.4) is 0 Å². The number of fused-ring (bicyclic) bond motifs is 2. The average molecular weight is 586 g/mol. The number of benzene rings is 2. The Hall–Kier alpha value is -2.48. The van der Waals surface area contributed by atoms with E-state index in [1.165, 1.54) is 10.9 Å². The number of aromatic nitrogens is 4. The molecule has 0 saturated carbocycles. The van der Waals surface area contributed by atoms with Crippen molar-refractivity contribution in [1.82, 2.24) is 19.5 Å². The van der Waals surface area contributed by atoms with Gasteiger partial charge < -0.3 is 39.5 Å². The van der Waals surface area contributed by atoms with E-state index in [4.69, 9.17) is 30.6 Å². The number of imidazole rings is 1. The monoisotopic (exact) mass is 585 g/mol. The molecule has 1 fully saturated rings. The minimum absolute atomic E-state index is 0.130. The van der Waals surface area contributed by atoms with E-state index in [9.17, 15) is 24.2 Å². The van der Waals surface area contributed by atoms with Gasteiger partial charge in [-0.3, -0.25) is 13.7 Å². The summed E-state index contributed by atoms with van der Waals surface area (Å²) in [6.07, 6.45) is -4.36. The first-order valence-corrected chi connectivity index (χ1v) is 15.0. The Morgan fingerprint density at radius 3 is 2.53 bits per heavy atom. The summed E-state index contributed by atoms with van der Waals surface area (Å²) < 4.78 is 34.7. The molecule has 2 aromatic heterocycles. The van der Waals surface area contributed by atoms with E-state index in [1.54, 1.807) is 0 Å². The van der Waals surface area contributed by atoms with Gasteiger partial charge in [0.05, 0.1) is 12.9 Å². The summed E-state index contributed by atoms with van der Waals surface area (Å²) in [6.45, 7) is -0.723. The molecule has 0 spiro atoms. The molecule has 5 atom stereocenters. The molecule has 4 aromatic rings. The van der Waals surface area contributed by atoms with Crippen molar-refractivity contribution in [3.8, 4) is 0 Å². The zero-order chi connectivity index (χ0) is 27.2. The highest BCUT2D eigenvalue weighted by Crippen LogP contribution is 2.55. The zero-order valence-electron chi connectivity index (χ0n) is 19.3. The number of aliphatic hydroxyl groups is 2. The maximum Gasteiger partial charge on any atom is 0.340 e. The standard InChI is InChI=1S/C21H22ClN5O9P2/c22-21-25-18(24-13-6-5-11-3-1-2-4-12(11)7-13)15-19(26-21)27(9-23-15)20-17(29)16(28)14(36-20)8-35-38(33,34)10-37(30,31)32/h1-7,9,14,16-17,20,28-29H,8,10H2,(H,33,34)(H,24,25,26)(H2,30,31,32). The molecule has 17 heteroatoms. The summed E-state index contributed by atoms with van der Waals surface area (Å²) in [7, 11) is -9.53. The summed E-state index contributed by atoms with van der Waals surface area (Å²) >= 11 is 6.17. The Labute approximate surface area is 219 Å². The van der Waals surface area contributed by atoms with Gasteiger partial charge in [-0.25, -0.2) is 4.98 Å². The van der Waals surface area contributed by atoms with E-state index >= 15 is 0 Å². The number of aliphatic hydroxyl groups excluding tert-OH is 2. The van der Waals surface area contributed by atoms with Gasteiger partial charge in [-0.2, -0.15) is 9.97 Å². The van der Waals surface area contributed by atoms with Gasteiger partial charge in [0.2, 0.25) is 5.28 Å². The molecular formula is C21H22ClN5O9P2. The van der Waals surface area contributed by atoms with Crippen LogP contribution in [0.4, 0.5) is 11.5 Å². The number of halogens is 1. The van der Waals surface area contributed by atoms with Crippen LogP contribution < -0.4 is 5.32 Å². The zero-order valence-corrected chi connectivity index (χ0v) is 21.8. The molecule has 5 unspecified atom stereocenters. The van der Waals surface area contributed by atoms with Crippen LogP contribution in [0.5, 0.6) is 0 Å². The number of hydrogen-bond donors (Lipinski definition) is 6. The third-order valence-corrected chi connectivity index (χ3v) is 9.45. The molecule has 1 aliphatic rings. The van der Waals surface area contributed by atoms with Crippen LogP contribution in [0.1, 0.15) is 6.23 Å². The molecule has 1 aliphatic heterocycles. The summed E-state index contributed by atoms with van der Waals surface area (Å²) in [5.41, 5.74) is 1.16. The number of rotatable bonds is 8. The van der Waals surface area contributed by atoms with E-state index in [0.717, 1.165) is 10.8 Å². The molecule has 38 heavy (non-hydrogen) atoms. The van der Waals surface area contributed by atoms with Gasteiger partial charge in [-0.1, -0.05) is 30.3 Å². The number of ether oxygens (including phenoxy) is 1. The van der Waals surface area contributed by atoms with Gasteiger partial charge in [-0.05, 0) is 34.5 Å². The van der Waals surface area contributed by atoms with E-state index < -0.39 is 52.2 Å². The fourth-order valence-electron chi connectivity index (χ4n) is 4.13. The van der Waals surface area contributed by atoms with Crippen LogP contribution >= 0.6 is 26.8 Å². The average Bonchev–Trinajstić information content (AvgIpc) is 3.37. The lowest BCUT2D eigenvalue weighted by atomic mass is 10.1. The highest BCUT2D eigenvalue weighted by atomic mass is 35.5. The molecule has 6 N–H and O–H groups in total. The number of nitrogens with one attached hydrogen (secondary N) is 1. The smallest absolute Gasteiger partial charge is 0.340 e. The second-order valence-electron chi connectivity index (χ2n) is 8.64. The van der Waals surface area contributed by atoms with Gasteiger partial charge in [0.15, 0.2) is 29.1 Å². The van der Waals surface area contributed by atoms with Crippen LogP contribution in [-0.4, -0.2) is 75.2 Å². The van der Waals surface area contributed by atoms with Gasteiger partial charge in [0, 0.05) is 5.69 Å². The number of nitrogens with zero attached hydrogens (tertiary/aromatic N) is 4. The van der Waals surface area contributed by atoms with Gasteiger partial charge in [0.1, 0.15) is 18.3 Å². The molecule has 0 aliphatic carbocycles. The van der Waals surface area contributed by atoms with E-state index in [2.05, 4.69) is 20.3 Å². The molecule has 0 bridgehead atoms. The van der Waals surface area contributed by atoms with E-state index in [1.807, 2.05) is 42.5 Å². The SMILES string of the molecule is O=P(O)(O)CP(=O)(O)OCC1OC(n2cnc3c(Nc4ccc5ccccc5c4)nc(Cl)nc32)C(O)C1O. The fraction of sp³-hybridized carbons (Fsp3) is 0.286. The quantitative estimate of drug-likeness (QED) is 0.130. The Bertz CT molecular complexity index is 1600. The van der Waals surface area contributed by atoms with Crippen molar-refractivity contribution in [3.63, 3.8) is 0 Å². The lowest BCUT2D eigenvalue weighted by Crippen LogP contribution is -2.33. The molecular weight excluding hydrogens is 564 g/mol. The van der Waals surface area contributed by atoms with Crippen molar-refractivity contribution >= 4 is 60.2 Å². The third-order valence-electron chi connectivity index (χ3n) is 5.82. The Morgan fingerprint density at radius 1 is 1.05 bits per heavy atom. The molecule has 0 amide bonds. The lowest BCUT2D eigenvalue weighted by molar-refractivity contribution is -0.0483. The van der Waals surface area contributed by atoms with E-state index in [-0.39, 0.29) is 22.3 Å². The largest absolute Gasteiger partial charge is 0.387 e. The number of hydrogen-bond acceptors (Lipinski definition) is 10. The van der Waals surface area contributed by atoms with Crippen molar-refractivity contribution in [2.45, 2.75) is 24.5 Å². The van der Waals surface area contributed by atoms with Crippen LogP contribution in [0.25, 0.3) is 21.9 Å². The minimum Gasteiger partial charge on any atom is -0.387 e. The van der Waals surface area contributed by atoms with Crippen molar-refractivity contribution in [2.75, 3.05) is 17.8 Å². The van der Waals surface area contributed by atoms with Crippen LogP contribution in [0.2, 0.25) is 5.28 Å². The topological polar surface area (TPSA) is 209 Å². The van der Waals surface area contributed by atoms with Gasteiger partial charge in [-0.15, -0.1) is 0 Å². The van der Waals surface area contributed by atoms with Crippen molar-refractivity contribution < 1.29 is 43.3 Å². The molecule has 0 radical (unpaired) electrons. The Balaban J connectivity index is 1.39. The van der Waals surface area contributed by atoms with Crippen molar-refractivity contribution in [3.05, 3.63) is 54.1 Å². The van der Waals surface area contributed by atoms with Crippen molar-refractivity contribution in [2.24, 2.45) is 0 Å². The molecule has 5 rings (SSSR count). The Morgan fingerprint density at radius 2 is 1.79 bits per heavy atom. The third kappa shape index (κ3) is 5.75. The normalized spacial score (nSPS) is 23.6. The molecule has 1 saturated heterocycles. The second kappa shape index (κ2) is 10.2. The summed E-state index contributed by atoms with van der Waals surface area (Å²) in [5.74, 6) is -1.12. The van der Waals surface area contributed by atoms with Gasteiger partial charge in [0.25, 0.3) is 0 Å². The Kier molecular flexibility index (Phi) is 7.31. The van der Waals surface area contributed by atoms with Crippen LogP contribution in [0.15, 0.2) is 48.8 Å². The molecule has 2 aromatic carbocycles. The van der Waals surface area contributed by atoms with Gasteiger partial charge >= 0.3 is 15.2 Å². The van der Waals surface area contributed by atoms with Crippen molar-refractivity contribution in [1.29, 1.82) is 0 Å². The molecule has 14 nitrogen and oxygen atoms in total. The minimum atomic E-state index is -4.84. The first kappa shape index (κ1) is 27.1. The summed E-state index contributed by atoms with van der Waals surface area (Å²) in [6, 6.07) is 13.5. The predicted molar refractivity (Wildman–Crippen MR) is 136 cm³/mol. The number of anilines is 2. The maximum absolute atomic E-state index is 11.9. The first-order valence-electron chi connectivity index (χ1n) is 11.1. The highest BCUT2D eigenvalue weighted by molar-refractivity contribution is 7.70.